The minimum atomic E-state index is 0.675. The highest BCUT2D eigenvalue weighted by molar-refractivity contribution is 5.51. The van der Waals surface area contributed by atoms with Crippen molar-refractivity contribution in [1.29, 1.82) is 0 Å². The van der Waals surface area contributed by atoms with Crippen molar-refractivity contribution in [3.05, 3.63) is 24.2 Å². The normalized spacial score (nSPS) is 20.8. The van der Waals surface area contributed by atoms with Crippen LogP contribution in [0.25, 0.3) is 5.65 Å². The molecule has 1 aliphatic rings. The van der Waals surface area contributed by atoms with Crippen LogP contribution in [0.4, 0.5) is 5.69 Å². The van der Waals surface area contributed by atoms with Gasteiger partial charge in [0.15, 0.2) is 5.65 Å². The van der Waals surface area contributed by atoms with Crippen molar-refractivity contribution >= 4 is 11.3 Å². The maximum Gasteiger partial charge on any atom is 0.162 e. The number of rotatable bonds is 2. The molecule has 5 heteroatoms. The predicted molar refractivity (Wildman–Crippen MR) is 66.7 cm³/mol. The molecular weight excluding hydrogens is 214 g/mol. The Balaban J connectivity index is 1.84. The van der Waals surface area contributed by atoms with E-state index in [1.165, 1.54) is 12.8 Å². The third kappa shape index (κ3) is 2.10. The van der Waals surface area contributed by atoms with Crippen LogP contribution < -0.4 is 11.1 Å². The molecule has 1 saturated heterocycles. The molecule has 1 aliphatic heterocycles. The van der Waals surface area contributed by atoms with E-state index in [1.54, 1.807) is 0 Å². The number of fused-ring (bicyclic) bond motifs is 1. The Labute approximate surface area is 100 Å². The number of nitrogens with one attached hydrogen (secondary N) is 1. The van der Waals surface area contributed by atoms with Crippen LogP contribution in [0.2, 0.25) is 0 Å². The van der Waals surface area contributed by atoms with E-state index in [9.17, 15) is 0 Å². The summed E-state index contributed by atoms with van der Waals surface area (Å²) in [5.41, 5.74) is 7.30. The number of anilines is 1. The van der Waals surface area contributed by atoms with Crippen LogP contribution in [-0.2, 0) is 6.42 Å². The monoisotopic (exact) mass is 231 g/mol. The summed E-state index contributed by atoms with van der Waals surface area (Å²) in [6, 6.07) is 3.74. The number of hydrogen-bond acceptors (Lipinski definition) is 4. The number of nitrogens with two attached hydrogens (primary N) is 1. The molecule has 3 rings (SSSR count). The average molecular weight is 231 g/mol. The van der Waals surface area contributed by atoms with Crippen LogP contribution in [0.5, 0.6) is 0 Å². The second kappa shape index (κ2) is 4.33. The smallest absolute Gasteiger partial charge is 0.162 e. The quantitative estimate of drug-likeness (QED) is 0.804. The molecule has 5 nitrogen and oxygen atoms in total. The number of piperidine rings is 1. The highest BCUT2D eigenvalue weighted by Gasteiger charge is 2.16. The third-order valence-electron chi connectivity index (χ3n) is 3.37. The van der Waals surface area contributed by atoms with Crippen molar-refractivity contribution in [2.24, 2.45) is 5.92 Å². The van der Waals surface area contributed by atoms with Crippen LogP contribution in [-0.4, -0.2) is 27.7 Å². The van der Waals surface area contributed by atoms with Gasteiger partial charge in [-0.25, -0.2) is 0 Å². The Morgan fingerprint density at radius 3 is 3.24 bits per heavy atom. The third-order valence-corrected chi connectivity index (χ3v) is 3.37. The van der Waals surface area contributed by atoms with Gasteiger partial charge >= 0.3 is 0 Å². The van der Waals surface area contributed by atoms with Gasteiger partial charge in [0.25, 0.3) is 0 Å². The number of nitrogens with zero attached hydrogens (tertiary/aromatic N) is 3. The molecule has 3 N–H and O–H groups in total. The van der Waals surface area contributed by atoms with E-state index in [1.807, 2.05) is 22.7 Å². The van der Waals surface area contributed by atoms with E-state index in [4.69, 9.17) is 5.73 Å². The lowest BCUT2D eigenvalue weighted by atomic mass is 9.96. The maximum atomic E-state index is 5.73. The molecule has 0 radical (unpaired) electrons. The fourth-order valence-corrected chi connectivity index (χ4v) is 2.45. The standard InChI is InChI=1S/C12H17N5/c13-10-3-5-17-11(15-16-12(17)7-10)6-9-2-1-4-14-8-9/h3,5,7,9,14H,1-2,4,6,8,13H2. The zero-order chi connectivity index (χ0) is 11.7. The SMILES string of the molecule is Nc1ccn2c(CC3CCCNC3)nnc2c1. The van der Waals surface area contributed by atoms with Crippen molar-refractivity contribution in [2.45, 2.75) is 19.3 Å². The van der Waals surface area contributed by atoms with Gasteiger partial charge in [-0.2, -0.15) is 0 Å². The molecule has 0 aromatic carbocycles. The van der Waals surface area contributed by atoms with E-state index in [0.717, 1.165) is 36.7 Å². The molecule has 0 amide bonds. The van der Waals surface area contributed by atoms with Crippen molar-refractivity contribution in [2.75, 3.05) is 18.8 Å². The Bertz CT molecular complexity index is 513. The van der Waals surface area contributed by atoms with Gasteiger partial charge in [0, 0.05) is 24.4 Å². The number of aromatic nitrogens is 3. The van der Waals surface area contributed by atoms with Gasteiger partial charge in [0.2, 0.25) is 0 Å². The number of hydrogen-bond donors (Lipinski definition) is 2. The summed E-state index contributed by atoms with van der Waals surface area (Å²) in [4.78, 5) is 0. The summed E-state index contributed by atoms with van der Waals surface area (Å²) < 4.78 is 2.03. The van der Waals surface area contributed by atoms with Gasteiger partial charge in [0.05, 0.1) is 0 Å². The molecule has 0 bridgehead atoms. The topological polar surface area (TPSA) is 68.2 Å². The number of pyridine rings is 1. The Kier molecular flexibility index (Phi) is 2.68. The molecule has 0 aliphatic carbocycles. The zero-order valence-corrected chi connectivity index (χ0v) is 9.76. The maximum absolute atomic E-state index is 5.73. The van der Waals surface area contributed by atoms with Gasteiger partial charge in [-0.3, -0.25) is 4.40 Å². The summed E-state index contributed by atoms with van der Waals surface area (Å²) in [5.74, 6) is 1.71. The molecule has 17 heavy (non-hydrogen) atoms. The fourth-order valence-electron chi connectivity index (χ4n) is 2.45. The predicted octanol–water partition coefficient (Wildman–Crippen LogP) is 0.854. The lowest BCUT2D eigenvalue weighted by molar-refractivity contribution is 0.370. The minimum absolute atomic E-state index is 0.675. The lowest BCUT2D eigenvalue weighted by Crippen LogP contribution is -2.31. The number of nitrogen functional groups attached to an aromatic ring is 1. The average Bonchev–Trinajstić information content (AvgIpc) is 2.73. The molecule has 0 saturated carbocycles. The van der Waals surface area contributed by atoms with Crippen molar-refractivity contribution < 1.29 is 0 Å². The molecule has 2 aromatic rings. The van der Waals surface area contributed by atoms with E-state index in [-0.39, 0.29) is 0 Å². The molecule has 0 spiro atoms. The first-order valence-corrected chi connectivity index (χ1v) is 6.13. The van der Waals surface area contributed by atoms with Crippen molar-refractivity contribution in [3.8, 4) is 0 Å². The summed E-state index contributed by atoms with van der Waals surface area (Å²) in [5, 5.41) is 11.8. The van der Waals surface area contributed by atoms with Gasteiger partial charge in [-0.1, -0.05) is 0 Å². The van der Waals surface area contributed by atoms with E-state index < -0.39 is 0 Å². The van der Waals surface area contributed by atoms with E-state index in [0.29, 0.717) is 5.92 Å². The van der Waals surface area contributed by atoms with E-state index in [2.05, 4.69) is 15.5 Å². The highest BCUT2D eigenvalue weighted by atomic mass is 15.2. The minimum Gasteiger partial charge on any atom is -0.399 e. The second-order valence-electron chi connectivity index (χ2n) is 4.72. The Morgan fingerprint density at radius 1 is 1.47 bits per heavy atom. The molecule has 3 heterocycles. The largest absolute Gasteiger partial charge is 0.399 e. The van der Waals surface area contributed by atoms with Gasteiger partial charge in [-0.05, 0) is 37.9 Å². The van der Waals surface area contributed by atoms with Crippen LogP contribution >= 0.6 is 0 Å². The van der Waals surface area contributed by atoms with Gasteiger partial charge in [0.1, 0.15) is 5.82 Å². The second-order valence-corrected chi connectivity index (χ2v) is 4.72. The zero-order valence-electron chi connectivity index (χ0n) is 9.76. The highest BCUT2D eigenvalue weighted by Crippen LogP contribution is 2.16. The summed E-state index contributed by atoms with van der Waals surface area (Å²) in [6.07, 6.45) is 5.47. The summed E-state index contributed by atoms with van der Waals surface area (Å²) in [7, 11) is 0. The fraction of sp³-hybridized carbons (Fsp3) is 0.500. The van der Waals surface area contributed by atoms with Crippen molar-refractivity contribution in [3.63, 3.8) is 0 Å². The first kappa shape index (κ1) is 10.5. The van der Waals surface area contributed by atoms with Crippen LogP contribution in [0.3, 0.4) is 0 Å². The van der Waals surface area contributed by atoms with Gasteiger partial charge in [-0.15, -0.1) is 10.2 Å². The first-order chi connectivity index (χ1) is 8.33. The Morgan fingerprint density at radius 2 is 2.41 bits per heavy atom. The molecular formula is C12H17N5. The van der Waals surface area contributed by atoms with Crippen molar-refractivity contribution in [1.82, 2.24) is 19.9 Å². The molecule has 1 unspecified atom stereocenters. The van der Waals surface area contributed by atoms with Crippen LogP contribution in [0, 0.1) is 5.92 Å². The van der Waals surface area contributed by atoms with Gasteiger partial charge < -0.3 is 11.1 Å². The Hall–Kier alpha value is -1.62. The molecule has 1 atom stereocenters. The molecule has 2 aromatic heterocycles. The van der Waals surface area contributed by atoms with E-state index >= 15 is 0 Å². The van der Waals surface area contributed by atoms with Crippen LogP contribution in [0.1, 0.15) is 18.7 Å². The summed E-state index contributed by atoms with van der Waals surface area (Å²) >= 11 is 0. The van der Waals surface area contributed by atoms with Crippen LogP contribution in [0.15, 0.2) is 18.3 Å². The lowest BCUT2D eigenvalue weighted by Gasteiger charge is -2.21. The first-order valence-electron chi connectivity index (χ1n) is 6.13. The summed E-state index contributed by atoms with van der Waals surface area (Å²) in [6.45, 7) is 2.23. The molecule has 90 valence electrons. The molecule has 1 fully saturated rings.